The second kappa shape index (κ2) is 10.5. The molecule has 0 spiro atoms. The molecule has 10 nitrogen and oxygen atoms in total. The molecule has 0 bridgehead atoms. The first-order valence-corrected chi connectivity index (χ1v) is 14.1. The molecule has 5 rings (SSSR count). The van der Waals surface area contributed by atoms with E-state index in [1.54, 1.807) is 48.5 Å². The van der Waals surface area contributed by atoms with E-state index in [9.17, 15) is 18.9 Å². The molecule has 2 fully saturated rings. The molecule has 6 unspecified atom stereocenters. The smallest absolute Gasteiger partial charge is 0.400 e. The number of hydrogen-bond donors (Lipinski definition) is 2. The summed E-state index contributed by atoms with van der Waals surface area (Å²) in [6.07, 6.45) is -2.47. The maximum Gasteiger partial charge on any atom is 0.528 e. The van der Waals surface area contributed by atoms with Crippen molar-refractivity contribution < 1.29 is 46.5 Å². The Morgan fingerprint density at radius 2 is 0.972 bits per heavy atom. The van der Waals surface area contributed by atoms with E-state index in [-0.39, 0.29) is 11.5 Å². The van der Waals surface area contributed by atoms with Crippen LogP contribution in [-0.4, -0.2) is 35.2 Å². The molecule has 0 aliphatic carbocycles. The second-order valence-corrected chi connectivity index (χ2v) is 10.8. The van der Waals surface area contributed by atoms with Gasteiger partial charge in [0.2, 0.25) is 0 Å². The van der Waals surface area contributed by atoms with Gasteiger partial charge in [0.05, 0.1) is 13.2 Å². The lowest BCUT2D eigenvalue weighted by atomic mass is 10.1. The monoisotopic (exact) mass is 534 g/mol. The summed E-state index contributed by atoms with van der Waals surface area (Å²) in [6, 6.07) is 23.3. The summed E-state index contributed by atoms with van der Waals surface area (Å²) in [5.41, 5.74) is 1.29. The van der Waals surface area contributed by atoms with Crippen LogP contribution < -0.4 is 9.05 Å². The van der Waals surface area contributed by atoms with Gasteiger partial charge in [-0.1, -0.05) is 72.8 Å². The molecule has 2 saturated heterocycles. The lowest BCUT2D eigenvalue weighted by Crippen LogP contribution is -2.12. The minimum absolute atomic E-state index is 0.274. The van der Waals surface area contributed by atoms with E-state index in [0.717, 1.165) is 0 Å². The van der Waals surface area contributed by atoms with Crippen molar-refractivity contribution in [3.8, 4) is 11.5 Å². The van der Waals surface area contributed by atoms with E-state index in [0.29, 0.717) is 24.3 Å². The number of para-hydroxylation sites is 2. The van der Waals surface area contributed by atoms with Crippen LogP contribution in [0.4, 0.5) is 0 Å². The number of benzene rings is 3. The van der Waals surface area contributed by atoms with Crippen molar-refractivity contribution in [3.05, 3.63) is 96.1 Å². The highest BCUT2D eigenvalue weighted by molar-refractivity contribution is 7.48. The summed E-state index contributed by atoms with van der Waals surface area (Å²) >= 11 is 0. The molecule has 0 amide bonds. The minimum atomic E-state index is -4.72. The molecular weight excluding hydrogens is 510 g/mol. The average Bonchev–Trinajstić information content (AvgIpc) is 3.77. The van der Waals surface area contributed by atoms with Gasteiger partial charge in [-0.05, 0) is 23.3 Å². The Hall–Kier alpha value is -2.52. The third-order valence-electron chi connectivity index (χ3n) is 5.42. The second-order valence-electron chi connectivity index (χ2n) is 8.18. The fourth-order valence-electron chi connectivity index (χ4n) is 3.61. The fraction of sp³-hybridized carbons (Fsp3) is 0.250. The topological polar surface area (TPSA) is 137 Å². The largest absolute Gasteiger partial charge is 0.528 e. The summed E-state index contributed by atoms with van der Waals surface area (Å²) in [6.45, 7) is 0.745. The highest BCUT2D eigenvalue weighted by atomic mass is 31.2. The standard InChI is InChI=1S/C24H24O10P2/c25-35(26,33-23(21-15-29-21)17-9-3-1-4-10-17)31-19-13-7-8-14-20(19)32-36(27,28)34-24(22-16-30-22)18-11-5-2-6-12-18/h1-14,21-24H,15-16H2,(H,25,26)(H,27,28). The van der Waals surface area contributed by atoms with Crippen LogP contribution >= 0.6 is 15.6 Å². The summed E-state index contributed by atoms with van der Waals surface area (Å²) in [7, 11) is -9.43. The lowest BCUT2D eigenvalue weighted by molar-refractivity contribution is 0.107. The lowest BCUT2D eigenvalue weighted by Gasteiger charge is -2.23. The summed E-state index contributed by atoms with van der Waals surface area (Å²) in [4.78, 5) is 21.0. The minimum Gasteiger partial charge on any atom is -0.400 e. The zero-order valence-electron chi connectivity index (χ0n) is 18.9. The maximum absolute atomic E-state index is 12.9. The number of ether oxygens (including phenoxy) is 2. The molecule has 2 N–H and O–H groups in total. The van der Waals surface area contributed by atoms with Gasteiger partial charge in [0.1, 0.15) is 24.4 Å². The Morgan fingerprint density at radius 3 is 1.31 bits per heavy atom. The highest BCUT2D eigenvalue weighted by Gasteiger charge is 2.43. The Labute approximate surface area is 207 Å². The van der Waals surface area contributed by atoms with E-state index < -0.39 is 40.1 Å². The summed E-state index contributed by atoms with van der Waals surface area (Å²) in [5.74, 6) is -0.549. The average molecular weight is 534 g/mol. The van der Waals surface area contributed by atoms with Crippen molar-refractivity contribution in [2.45, 2.75) is 24.4 Å². The first kappa shape index (κ1) is 25.1. The molecular formula is C24H24O10P2. The van der Waals surface area contributed by atoms with Crippen LogP contribution in [0.25, 0.3) is 0 Å². The molecule has 36 heavy (non-hydrogen) atoms. The molecule has 190 valence electrons. The first-order valence-electron chi connectivity index (χ1n) is 11.1. The van der Waals surface area contributed by atoms with Gasteiger partial charge in [-0.2, -0.15) is 0 Å². The van der Waals surface area contributed by atoms with Crippen LogP contribution in [0.3, 0.4) is 0 Å². The van der Waals surface area contributed by atoms with Crippen LogP contribution in [0.2, 0.25) is 0 Å². The van der Waals surface area contributed by atoms with Gasteiger partial charge in [-0.15, -0.1) is 0 Å². The van der Waals surface area contributed by atoms with Crippen LogP contribution in [0.1, 0.15) is 23.3 Å². The molecule has 3 aromatic carbocycles. The molecule has 0 saturated carbocycles. The van der Waals surface area contributed by atoms with Crippen LogP contribution in [0.15, 0.2) is 84.9 Å². The Balaban J connectivity index is 1.30. The normalized spacial score (nSPS) is 23.5. The zero-order valence-corrected chi connectivity index (χ0v) is 20.7. The van der Waals surface area contributed by atoms with Crippen molar-refractivity contribution in [1.82, 2.24) is 0 Å². The molecule has 3 aromatic rings. The van der Waals surface area contributed by atoms with Crippen LogP contribution in [0, 0.1) is 0 Å². The number of phosphoric ester groups is 2. The van der Waals surface area contributed by atoms with E-state index in [4.69, 9.17) is 27.6 Å². The Kier molecular flexibility index (Phi) is 7.30. The molecule has 2 heterocycles. The molecule has 12 heteroatoms. The predicted molar refractivity (Wildman–Crippen MR) is 127 cm³/mol. The van der Waals surface area contributed by atoms with Crippen LogP contribution in [0.5, 0.6) is 11.5 Å². The molecule has 0 aromatic heterocycles. The van der Waals surface area contributed by atoms with E-state index in [1.807, 2.05) is 12.1 Å². The maximum atomic E-state index is 12.9. The number of phosphoric acid groups is 2. The fourth-order valence-corrected chi connectivity index (χ4v) is 5.59. The molecule has 2 aliphatic rings. The summed E-state index contributed by atoms with van der Waals surface area (Å²) < 4.78 is 57.7. The quantitative estimate of drug-likeness (QED) is 0.242. The van der Waals surface area contributed by atoms with E-state index >= 15 is 0 Å². The zero-order chi connectivity index (χ0) is 25.2. The number of epoxide rings is 2. The highest BCUT2D eigenvalue weighted by Crippen LogP contribution is 2.56. The van der Waals surface area contributed by atoms with Crippen molar-refractivity contribution in [2.75, 3.05) is 13.2 Å². The summed E-state index contributed by atoms with van der Waals surface area (Å²) in [5, 5.41) is 0. The predicted octanol–water partition coefficient (Wildman–Crippen LogP) is 4.96. The van der Waals surface area contributed by atoms with E-state index in [2.05, 4.69) is 0 Å². The number of rotatable bonds is 12. The Bertz CT molecular complexity index is 1170. The van der Waals surface area contributed by atoms with Gasteiger partial charge in [0, 0.05) is 0 Å². The van der Waals surface area contributed by atoms with Gasteiger partial charge >= 0.3 is 15.6 Å². The molecule has 6 atom stereocenters. The van der Waals surface area contributed by atoms with Gasteiger partial charge in [-0.25, -0.2) is 9.13 Å². The van der Waals surface area contributed by atoms with Crippen molar-refractivity contribution in [2.24, 2.45) is 0 Å². The third kappa shape index (κ3) is 6.62. The first-order chi connectivity index (χ1) is 17.3. The van der Waals surface area contributed by atoms with Gasteiger partial charge < -0.3 is 18.5 Å². The Morgan fingerprint density at radius 1 is 0.639 bits per heavy atom. The van der Waals surface area contributed by atoms with Crippen molar-refractivity contribution in [1.29, 1.82) is 0 Å². The van der Waals surface area contributed by atoms with Crippen LogP contribution in [-0.2, 0) is 27.7 Å². The van der Waals surface area contributed by atoms with Crippen molar-refractivity contribution >= 4 is 15.6 Å². The van der Waals surface area contributed by atoms with E-state index in [1.165, 1.54) is 24.3 Å². The van der Waals surface area contributed by atoms with Gasteiger partial charge in [-0.3, -0.25) is 18.8 Å². The third-order valence-corrected chi connectivity index (χ3v) is 7.26. The molecule has 0 radical (unpaired) electrons. The SMILES string of the molecule is O=P(O)(Oc1ccccc1OP(=O)(O)OC(c1ccccc1)C1CO1)OC(c1ccccc1)C1CO1. The van der Waals surface area contributed by atoms with Gasteiger partial charge in [0.15, 0.2) is 11.5 Å². The van der Waals surface area contributed by atoms with Crippen molar-refractivity contribution in [3.63, 3.8) is 0 Å². The molecule has 2 aliphatic heterocycles. The number of hydrogen-bond acceptors (Lipinski definition) is 8. The van der Waals surface area contributed by atoms with Gasteiger partial charge in [0.25, 0.3) is 0 Å².